The van der Waals surface area contributed by atoms with E-state index in [-0.39, 0.29) is 145 Å². The molecule has 0 amide bonds. The normalized spacial score (nSPS) is 11.6. The summed E-state index contributed by atoms with van der Waals surface area (Å²) in [7, 11) is 7.14. The summed E-state index contributed by atoms with van der Waals surface area (Å²) in [4.78, 5) is 111. The van der Waals surface area contributed by atoms with Crippen molar-refractivity contribution in [3.63, 3.8) is 0 Å². The Bertz CT molecular complexity index is 6180. The van der Waals surface area contributed by atoms with Crippen molar-refractivity contribution in [2.24, 2.45) is 0 Å². The molecule has 149 heavy (non-hydrogen) atoms. The number of aromatic nitrogens is 4. The zero-order valence-electron chi connectivity index (χ0n) is 85.5. The summed E-state index contributed by atoms with van der Waals surface area (Å²) in [5.74, 6) is 10.2. The first-order chi connectivity index (χ1) is 68.1. The summed E-state index contributed by atoms with van der Waals surface area (Å²) in [5.41, 5.74) is 26.2. The van der Waals surface area contributed by atoms with Crippen LogP contribution in [0.25, 0.3) is 5.53 Å². The van der Waals surface area contributed by atoms with Gasteiger partial charge in [-0.1, -0.05) is 228 Å². The Morgan fingerprint density at radius 1 is 0.503 bits per heavy atom. The number of carbonyl (C=O) groups is 8. The van der Waals surface area contributed by atoms with E-state index in [9.17, 15) is 64.7 Å². The molecule has 2 saturated heterocycles. The van der Waals surface area contributed by atoms with Gasteiger partial charge in [-0.05, 0) is 272 Å². The van der Waals surface area contributed by atoms with Crippen molar-refractivity contribution in [2.75, 3.05) is 54.6 Å². The Morgan fingerprint density at radius 2 is 0.832 bits per heavy atom. The zero-order valence-corrected chi connectivity index (χ0v) is 107. The molecular weight excluding hydrogens is 2280 g/mol. The van der Waals surface area contributed by atoms with Gasteiger partial charge in [-0.25, -0.2) is 24.7 Å². The van der Waals surface area contributed by atoms with Crippen LogP contribution in [0.4, 0.5) is 26.3 Å². The number of benzene rings is 8. The molecule has 0 bridgehead atoms. The summed E-state index contributed by atoms with van der Waals surface area (Å²) >= 11 is 20.5. The third-order valence-electron chi connectivity index (χ3n) is 22.6. The number of piperidine rings is 2. The van der Waals surface area contributed by atoms with Gasteiger partial charge in [0.15, 0.2) is 0 Å². The van der Waals surface area contributed by atoms with Crippen molar-refractivity contribution in [2.45, 2.75) is 206 Å². The predicted octanol–water partition coefficient (Wildman–Crippen LogP) is 20.0. The fourth-order valence-electron chi connectivity index (χ4n) is 14.3. The van der Waals surface area contributed by atoms with Gasteiger partial charge >= 0.3 is 226 Å². The number of carboxylic acid groups (broad SMARTS) is 1. The molecule has 0 saturated carbocycles. The monoisotopic (exact) mass is 2400 g/mol. The maximum absolute atomic E-state index is 13.8. The number of hydrogen-bond acceptors (Lipinski definition) is 18. The molecule has 39 heteroatoms. The molecule has 1 N–H and O–H groups in total. The second kappa shape index (κ2) is 80.0. The number of carbonyl (C=O) groups excluding carboxylic acids is 7. The Labute approximate surface area is 1040 Å². The average molecular weight is 2410 g/mol. The minimum absolute atomic E-state index is 0. The first-order valence-electron chi connectivity index (χ1n) is 46.1. The molecule has 4 heterocycles. The molecule has 8 aromatic carbocycles. The number of alkyl halides is 6. The Morgan fingerprint density at radius 3 is 1.17 bits per heavy atom. The van der Waals surface area contributed by atoms with Crippen LogP contribution in [-0.4, -0.2) is 297 Å². The second-order valence-corrected chi connectivity index (χ2v) is 40.4. The standard InChI is InChI=1S/C30H28BF3N3O3.C18H17BClF3N3O.C18H26O2Si.C12H12O2.C10H11BrO2.C9H7BrN2O.C8H7BrO2.5CH4.5K.H/c1-20-3-6-25(17-29(39)40-2)24(15-20)9-10-27-26(30(32,33)34)18-35-28(36-27)16-21-4-7-22(8-5-21)23-11-13-37(14-12-23)31-19-38;20-17-15(18(21,22)23)10-24-16(25-17)9-12-1-3-13(4-2-12)14-5-7-26(8-6-14)19-11-27;1-6-21(7-2,8-3)12-11-17-13-15(4)9-10-16(17)14-18(19)20-5;1-4-10-7-9(2)5-6-11(10)8-12(13)14-3;1-7-3-4-8(9(11)5-7)6-10(12)13-2;1-6-2-3-7(8(10)4-6)9(13)5-12-11;1-5-2-3-6(8(10)11)7(9)4-5;;;;;;;;;;;/h3-8,15,18-19,23H,11-14,16-17H2,1-2H3;1-4,10-11,14H,5-9H2;9-10,13H,6-8,14H2,1-5H3;1,5-7H,8H2,2-3H3;3-5H,6H2,1-2H3;2-5H,1H3;2-4H,1H3,(H,10,11);5*1H4;;;;;;/q;;;;;;;;;;;;;;;;+1;-1. The van der Waals surface area contributed by atoms with E-state index in [2.05, 4.69) is 145 Å². The summed E-state index contributed by atoms with van der Waals surface area (Å²) < 4.78 is 100. The van der Waals surface area contributed by atoms with Gasteiger partial charge in [0.05, 0.1) is 72.1 Å². The number of halogens is 10. The molecule has 2 fully saturated rings. The average Bonchev–Trinajstić information content (AvgIpc) is 0.811. The van der Waals surface area contributed by atoms with Crippen molar-refractivity contribution in [1.29, 1.82) is 0 Å². The number of aryl methyl sites for hydroxylation is 6. The van der Waals surface area contributed by atoms with Gasteiger partial charge in [-0.2, -0.15) is 31.1 Å². The fourth-order valence-corrected chi connectivity index (χ4v) is 18.9. The molecule has 2 aliphatic heterocycles. The first-order valence-corrected chi connectivity index (χ1v) is 83.5. The number of carboxylic acids is 1. The molecule has 0 spiro atoms. The summed E-state index contributed by atoms with van der Waals surface area (Å²) in [6, 6.07) is 52.8. The van der Waals surface area contributed by atoms with Crippen molar-refractivity contribution >= 4 is 263 Å². The molecule has 0 atom stereocenters. The van der Waals surface area contributed by atoms with Crippen LogP contribution < -0.4 is 51.4 Å². The number of aromatic carboxylic acids is 1. The minimum atomic E-state index is -4.68. The summed E-state index contributed by atoms with van der Waals surface area (Å²) in [6.45, 7) is 21.8. The Balaban J connectivity index is -0.000000858. The number of rotatable bonds is 24. The van der Waals surface area contributed by atoms with E-state index in [1.165, 1.54) is 195 Å². The molecule has 2 aliphatic rings. The van der Waals surface area contributed by atoms with Crippen LogP contribution in [0.5, 0.6) is 0 Å². The molecule has 772 valence electrons. The van der Waals surface area contributed by atoms with Gasteiger partial charge in [0.1, 0.15) is 41.7 Å². The number of terminal acetylenes is 1. The number of ketones is 1. The zero-order chi connectivity index (χ0) is 107. The van der Waals surface area contributed by atoms with Crippen LogP contribution >= 0.6 is 59.4 Å². The van der Waals surface area contributed by atoms with E-state index in [1.807, 2.05) is 153 Å². The van der Waals surface area contributed by atoms with Gasteiger partial charge in [-0.15, -0.1) is 12.0 Å². The van der Waals surface area contributed by atoms with Gasteiger partial charge in [0, 0.05) is 60.9 Å². The van der Waals surface area contributed by atoms with Crippen LogP contribution in [-0.2, 0) is 98.6 Å². The van der Waals surface area contributed by atoms with E-state index in [1.54, 1.807) is 57.3 Å². The molecule has 21 nitrogen and oxygen atoms in total. The van der Waals surface area contributed by atoms with Gasteiger partial charge in [-0.3, -0.25) is 24.0 Å². The second-order valence-electron chi connectivity index (χ2n) is 32.5. The van der Waals surface area contributed by atoms with E-state index in [0.29, 0.717) is 62.3 Å². The van der Waals surface area contributed by atoms with Crippen molar-refractivity contribution in [3.05, 3.63) is 328 Å². The topological polar surface area (TPSA) is 288 Å². The first kappa shape index (κ1) is 149. The van der Waals surface area contributed by atoms with E-state index < -0.39 is 54.3 Å². The maximum atomic E-state index is 13.8. The van der Waals surface area contributed by atoms with Crippen molar-refractivity contribution in [1.82, 2.24) is 29.6 Å². The third-order valence-corrected chi connectivity index (χ3v) is 29.7. The van der Waals surface area contributed by atoms with Crippen LogP contribution in [0.3, 0.4) is 0 Å². The molecule has 10 aromatic rings. The van der Waals surface area contributed by atoms with Crippen LogP contribution in [0.2, 0.25) is 23.3 Å². The van der Waals surface area contributed by atoms with Gasteiger partial charge in [0.2, 0.25) is 0 Å². The van der Waals surface area contributed by atoms with E-state index >= 15 is 0 Å². The van der Waals surface area contributed by atoms with Gasteiger partial charge in [0.25, 0.3) is 20.6 Å². The van der Waals surface area contributed by atoms with Crippen molar-refractivity contribution in [3.8, 4) is 35.6 Å². The summed E-state index contributed by atoms with van der Waals surface area (Å²) in [5, 5.41) is 8.05. The van der Waals surface area contributed by atoms with Crippen LogP contribution in [0, 0.1) is 77.2 Å². The van der Waals surface area contributed by atoms with Crippen LogP contribution in [0.1, 0.15) is 241 Å². The third kappa shape index (κ3) is 54.5. The number of hydrogen-bond donors (Lipinski definition) is 1. The SMILES string of the molecule is C.C.C.C.C.C#Cc1cc(C)ccc1CC(=O)OC.CC[Si](C#Cc1cc(C)ccc1CC(=O)OC)(CC)CC.COC(=O)Cc1ccc(C)cc1Br.COC(=O)Cc1ccc(C)cc1C#Cc1nc(Cc2ccc(C3CCN([B]C=O)CC3)cc2)ncc1C(F)(F)F.Cc1ccc(C(=O)C=[N+]=[N-])c(Br)c1.Cc1ccc(C(=O)O)c(Br)c1.O=C[B]N1CCC(c2ccc(Cc3ncc(C(F)(F)F)c(Cl)n3)cc2)CC1.[H-].[K+].[K][K].[K][K]. The Hall–Kier alpha value is -3.90. The van der Waals surface area contributed by atoms with Crippen molar-refractivity contribution < 1.29 is 146 Å². The number of methoxy groups -OCH3 is 4. The molecule has 2 radical (unpaired) electrons. The number of esters is 4. The molecule has 0 aliphatic carbocycles. The Kier molecular flexibility index (Phi) is 80.1. The fraction of sp³-hybridized carbons (Fsp3) is 0.355. The molecule has 2 aromatic heterocycles. The van der Waals surface area contributed by atoms with Crippen LogP contribution in [0.15, 0.2) is 184 Å². The quantitative estimate of drug-likeness (QED) is 0.00502. The molecule has 12 rings (SSSR count). The number of nitrogens with zero attached hydrogens (tertiary/aromatic N) is 8. The molecule has 0 unspecified atom stereocenters. The van der Waals surface area contributed by atoms with E-state index in [0.717, 1.165) is 149 Å². The summed E-state index contributed by atoms with van der Waals surface area (Å²) in [6.07, 6.45) is 5.27. The van der Waals surface area contributed by atoms with E-state index in [4.69, 9.17) is 38.1 Å². The van der Waals surface area contributed by atoms with Gasteiger partial charge < -0.3 is 50.2 Å². The predicted molar refractivity (Wildman–Crippen MR) is 599 cm³/mol. The number of ether oxygens (including phenoxy) is 4. The molecular formula is C110H129B2Br3ClF6K5N8O13Si. The number of Topliss-reactive ketones (excluding diaryl/α,β-unsaturated/α-hetero) is 1.